The van der Waals surface area contributed by atoms with Gasteiger partial charge in [-0.15, -0.1) is 11.3 Å². The summed E-state index contributed by atoms with van der Waals surface area (Å²) in [5.41, 5.74) is 0.307. The predicted molar refractivity (Wildman–Crippen MR) is 86.4 cm³/mol. The zero-order valence-electron chi connectivity index (χ0n) is 11.8. The monoisotopic (exact) mass is 315 g/mol. The third-order valence-corrected chi connectivity index (χ3v) is 4.20. The Labute approximate surface area is 129 Å². The van der Waals surface area contributed by atoms with E-state index < -0.39 is 5.69 Å². The molecule has 2 heterocycles. The summed E-state index contributed by atoms with van der Waals surface area (Å²) in [6.45, 7) is -0.144. The van der Waals surface area contributed by atoms with E-state index in [-0.39, 0.29) is 18.0 Å². The summed E-state index contributed by atoms with van der Waals surface area (Å²) >= 11 is 1.26. The first-order valence-corrected chi connectivity index (χ1v) is 7.48. The summed E-state index contributed by atoms with van der Waals surface area (Å²) in [7, 11) is 1.41. The van der Waals surface area contributed by atoms with E-state index in [4.69, 9.17) is 0 Å². The molecule has 0 bridgehead atoms. The molecule has 0 spiro atoms. The number of para-hydroxylation sites is 1. The number of hydrogen-bond donors (Lipinski definition) is 1. The number of anilines is 1. The van der Waals surface area contributed by atoms with Gasteiger partial charge in [0.2, 0.25) is 5.91 Å². The third-order valence-electron chi connectivity index (χ3n) is 3.31. The average molecular weight is 315 g/mol. The van der Waals surface area contributed by atoms with Crippen LogP contribution in [-0.4, -0.2) is 15.0 Å². The van der Waals surface area contributed by atoms with Crippen molar-refractivity contribution in [3.63, 3.8) is 0 Å². The van der Waals surface area contributed by atoms with E-state index in [1.165, 1.54) is 23.0 Å². The number of aromatic nitrogens is 2. The van der Waals surface area contributed by atoms with Crippen molar-refractivity contribution in [3.05, 3.63) is 62.6 Å². The molecule has 0 aliphatic carbocycles. The lowest BCUT2D eigenvalue weighted by Crippen LogP contribution is -2.39. The minimum absolute atomic E-state index is 0.144. The molecule has 0 fully saturated rings. The zero-order valence-corrected chi connectivity index (χ0v) is 12.6. The summed E-state index contributed by atoms with van der Waals surface area (Å²) in [6, 6.07) is 10.7. The van der Waals surface area contributed by atoms with Gasteiger partial charge in [-0.25, -0.2) is 4.79 Å². The normalized spacial score (nSPS) is 10.8. The quantitative estimate of drug-likeness (QED) is 0.794. The maximum Gasteiger partial charge on any atom is 0.331 e. The second-order valence-corrected chi connectivity index (χ2v) is 5.70. The van der Waals surface area contributed by atoms with Crippen LogP contribution >= 0.6 is 11.3 Å². The molecule has 0 radical (unpaired) electrons. The van der Waals surface area contributed by atoms with Gasteiger partial charge in [0.05, 0.1) is 5.52 Å². The van der Waals surface area contributed by atoms with E-state index in [2.05, 4.69) is 5.32 Å². The summed E-state index contributed by atoms with van der Waals surface area (Å²) < 4.78 is 2.80. The van der Waals surface area contributed by atoms with Crippen molar-refractivity contribution in [2.24, 2.45) is 7.05 Å². The van der Waals surface area contributed by atoms with Gasteiger partial charge in [0.15, 0.2) is 0 Å². The first-order valence-electron chi connectivity index (χ1n) is 6.60. The summed E-state index contributed by atoms with van der Waals surface area (Å²) in [5.74, 6) is -0.320. The van der Waals surface area contributed by atoms with Gasteiger partial charge in [-0.1, -0.05) is 18.2 Å². The molecule has 1 amide bonds. The highest BCUT2D eigenvalue weighted by atomic mass is 32.1. The number of benzene rings is 1. The van der Waals surface area contributed by atoms with Gasteiger partial charge in [0.1, 0.15) is 11.2 Å². The molecule has 0 saturated carbocycles. The molecule has 3 rings (SSSR count). The maximum atomic E-state index is 12.2. The number of carbonyl (C=O) groups excluding carboxylic acids is 1. The van der Waals surface area contributed by atoms with Crippen molar-refractivity contribution >= 4 is 33.1 Å². The Morgan fingerprint density at radius 2 is 1.91 bits per heavy atom. The molecule has 0 atom stereocenters. The fraction of sp³-hybridized carbons (Fsp3) is 0.133. The van der Waals surface area contributed by atoms with E-state index in [0.717, 1.165) is 4.57 Å². The van der Waals surface area contributed by atoms with E-state index >= 15 is 0 Å². The van der Waals surface area contributed by atoms with E-state index in [1.807, 2.05) is 18.2 Å². The molecule has 0 aliphatic heterocycles. The first-order chi connectivity index (χ1) is 10.6. The topological polar surface area (TPSA) is 73.1 Å². The fourth-order valence-corrected chi connectivity index (χ4v) is 3.09. The Balaban J connectivity index is 1.97. The molecule has 22 heavy (non-hydrogen) atoms. The predicted octanol–water partition coefficient (Wildman–Crippen LogP) is 1.40. The van der Waals surface area contributed by atoms with E-state index in [9.17, 15) is 14.4 Å². The van der Waals surface area contributed by atoms with Crippen molar-refractivity contribution in [2.45, 2.75) is 6.54 Å². The van der Waals surface area contributed by atoms with Crippen LogP contribution < -0.4 is 16.6 Å². The summed E-state index contributed by atoms with van der Waals surface area (Å²) in [4.78, 5) is 36.4. The Kier molecular flexibility index (Phi) is 3.64. The molecule has 1 aromatic carbocycles. The molecular weight excluding hydrogens is 302 g/mol. The number of thiophene rings is 1. The highest BCUT2D eigenvalue weighted by molar-refractivity contribution is 7.17. The van der Waals surface area contributed by atoms with Crippen LogP contribution in [0.4, 0.5) is 5.69 Å². The van der Waals surface area contributed by atoms with Crippen molar-refractivity contribution in [3.8, 4) is 0 Å². The number of nitrogens with zero attached hydrogens (tertiary/aromatic N) is 2. The smallest absolute Gasteiger partial charge is 0.325 e. The standard InChI is InChI=1S/C15H13N3O3S/c1-17-14(20)13-11(7-8-22-13)18(15(17)21)9-12(19)16-10-5-3-2-4-6-10/h2-8H,9H2,1H3,(H,16,19). The molecule has 7 heteroatoms. The molecule has 0 saturated heterocycles. The summed E-state index contributed by atoms with van der Waals surface area (Å²) in [5, 5.41) is 4.46. The molecule has 6 nitrogen and oxygen atoms in total. The minimum atomic E-state index is -0.501. The van der Waals surface area contributed by atoms with Gasteiger partial charge in [0, 0.05) is 12.7 Å². The van der Waals surface area contributed by atoms with Gasteiger partial charge >= 0.3 is 5.69 Å². The first kappa shape index (κ1) is 14.3. The van der Waals surface area contributed by atoms with Gasteiger partial charge < -0.3 is 5.32 Å². The van der Waals surface area contributed by atoms with Crippen molar-refractivity contribution in [2.75, 3.05) is 5.32 Å². The van der Waals surface area contributed by atoms with Crippen LogP contribution in [0, 0.1) is 0 Å². The zero-order chi connectivity index (χ0) is 15.7. The number of rotatable bonds is 3. The Morgan fingerprint density at radius 1 is 1.18 bits per heavy atom. The average Bonchev–Trinajstić information content (AvgIpc) is 3.00. The van der Waals surface area contributed by atoms with Crippen LogP contribution in [0.1, 0.15) is 0 Å². The van der Waals surface area contributed by atoms with Crippen molar-refractivity contribution < 1.29 is 4.79 Å². The van der Waals surface area contributed by atoms with Crippen LogP contribution in [0.25, 0.3) is 10.2 Å². The van der Waals surface area contributed by atoms with Gasteiger partial charge in [0.25, 0.3) is 5.56 Å². The van der Waals surface area contributed by atoms with Crippen LogP contribution in [0.2, 0.25) is 0 Å². The molecule has 0 aliphatic rings. The van der Waals surface area contributed by atoms with E-state index in [0.29, 0.717) is 15.9 Å². The molecule has 0 unspecified atom stereocenters. The number of amides is 1. The number of carbonyl (C=O) groups is 1. The van der Waals surface area contributed by atoms with Crippen LogP contribution in [0.15, 0.2) is 51.4 Å². The lowest BCUT2D eigenvalue weighted by atomic mass is 10.3. The Hall–Kier alpha value is -2.67. The summed E-state index contributed by atoms with van der Waals surface area (Å²) in [6.07, 6.45) is 0. The Morgan fingerprint density at radius 3 is 2.64 bits per heavy atom. The third kappa shape index (κ3) is 2.46. The SMILES string of the molecule is Cn1c(=O)c2sccc2n(CC(=O)Nc2ccccc2)c1=O. The lowest BCUT2D eigenvalue weighted by molar-refractivity contribution is -0.116. The highest BCUT2D eigenvalue weighted by Gasteiger charge is 2.14. The number of hydrogen-bond acceptors (Lipinski definition) is 4. The van der Waals surface area contributed by atoms with Crippen molar-refractivity contribution in [1.82, 2.24) is 9.13 Å². The molecule has 112 valence electrons. The second-order valence-electron chi connectivity index (χ2n) is 4.78. The highest BCUT2D eigenvalue weighted by Crippen LogP contribution is 2.15. The van der Waals surface area contributed by atoms with Crippen molar-refractivity contribution in [1.29, 1.82) is 0 Å². The largest absolute Gasteiger partial charge is 0.331 e. The minimum Gasteiger partial charge on any atom is -0.325 e. The maximum absolute atomic E-state index is 12.2. The molecule has 3 aromatic rings. The number of nitrogens with one attached hydrogen (secondary N) is 1. The second kappa shape index (κ2) is 5.61. The van der Waals surface area contributed by atoms with Gasteiger partial charge in [-0.3, -0.25) is 18.7 Å². The molecule has 1 N–H and O–H groups in total. The molecule has 2 aromatic heterocycles. The number of fused-ring (bicyclic) bond motifs is 1. The Bertz CT molecular complexity index is 954. The van der Waals surface area contributed by atoms with Gasteiger partial charge in [-0.05, 0) is 23.6 Å². The fourth-order valence-electron chi connectivity index (χ4n) is 2.22. The van der Waals surface area contributed by atoms with Crippen LogP contribution in [0.5, 0.6) is 0 Å². The van der Waals surface area contributed by atoms with Crippen LogP contribution in [0.3, 0.4) is 0 Å². The van der Waals surface area contributed by atoms with Gasteiger partial charge in [-0.2, -0.15) is 0 Å². The molecular formula is C15H13N3O3S. The lowest BCUT2D eigenvalue weighted by Gasteiger charge is -2.10. The van der Waals surface area contributed by atoms with E-state index in [1.54, 1.807) is 23.6 Å². The van der Waals surface area contributed by atoms with Crippen LogP contribution in [-0.2, 0) is 18.4 Å².